The molecule has 11 heavy (non-hydrogen) atoms. The molecule has 2 heteroatoms. The minimum absolute atomic E-state index is 0. The molecule has 0 unspecified atom stereocenters. The lowest BCUT2D eigenvalue weighted by atomic mass is 10.0. The van der Waals surface area contributed by atoms with Gasteiger partial charge in [-0.1, -0.05) is 7.43 Å². The Bertz CT molecular complexity index is 93.7. The van der Waals surface area contributed by atoms with Gasteiger partial charge in [0, 0.05) is 11.1 Å². The SMILES string of the molecule is C.CC(C)(C)N(O)C(C)(C)C. The van der Waals surface area contributed by atoms with Crippen molar-refractivity contribution in [1.29, 1.82) is 0 Å². The quantitative estimate of drug-likeness (QED) is 0.552. The molecule has 2 nitrogen and oxygen atoms in total. The van der Waals surface area contributed by atoms with Crippen molar-refractivity contribution >= 4 is 0 Å². The Labute approximate surface area is 71.2 Å². The van der Waals surface area contributed by atoms with Gasteiger partial charge in [-0.3, -0.25) is 0 Å². The molecule has 0 bridgehead atoms. The topological polar surface area (TPSA) is 23.5 Å². The van der Waals surface area contributed by atoms with Crippen molar-refractivity contribution in [2.75, 3.05) is 0 Å². The summed E-state index contributed by atoms with van der Waals surface area (Å²) < 4.78 is 0. The van der Waals surface area contributed by atoms with Gasteiger partial charge in [0.05, 0.1) is 0 Å². The first-order valence-corrected chi connectivity index (χ1v) is 3.65. The molecule has 0 atom stereocenters. The first-order valence-electron chi connectivity index (χ1n) is 3.65. The van der Waals surface area contributed by atoms with E-state index in [9.17, 15) is 5.21 Å². The number of rotatable bonds is 0. The predicted octanol–water partition coefficient (Wildman–Crippen LogP) is 2.91. The molecule has 0 aliphatic rings. The summed E-state index contributed by atoms with van der Waals surface area (Å²) in [7, 11) is 0. The van der Waals surface area contributed by atoms with Crippen LogP contribution in [0, 0.1) is 0 Å². The highest BCUT2D eigenvalue weighted by Gasteiger charge is 2.29. The van der Waals surface area contributed by atoms with Crippen molar-refractivity contribution in [3.8, 4) is 0 Å². The van der Waals surface area contributed by atoms with Crippen LogP contribution in [0.4, 0.5) is 0 Å². The van der Waals surface area contributed by atoms with Crippen molar-refractivity contribution in [1.82, 2.24) is 5.06 Å². The molecular formula is C9H23NO. The third kappa shape index (κ3) is 4.38. The van der Waals surface area contributed by atoms with Crippen molar-refractivity contribution in [3.63, 3.8) is 0 Å². The van der Waals surface area contributed by atoms with Gasteiger partial charge < -0.3 is 5.21 Å². The van der Waals surface area contributed by atoms with Crippen LogP contribution >= 0.6 is 0 Å². The van der Waals surface area contributed by atoms with Crippen LogP contribution in [0.3, 0.4) is 0 Å². The summed E-state index contributed by atoms with van der Waals surface area (Å²) in [6.45, 7) is 11.9. The third-order valence-corrected chi connectivity index (χ3v) is 1.27. The Morgan fingerprint density at radius 2 is 1.00 bits per heavy atom. The summed E-state index contributed by atoms with van der Waals surface area (Å²) in [5.41, 5.74) is -0.337. The average molecular weight is 161 g/mol. The van der Waals surface area contributed by atoms with Gasteiger partial charge in [-0.2, -0.15) is 5.06 Å². The molecule has 0 spiro atoms. The number of nitrogens with zero attached hydrogens (tertiary/aromatic N) is 1. The molecule has 0 aromatic rings. The van der Waals surface area contributed by atoms with E-state index < -0.39 is 0 Å². The second-order valence-corrected chi connectivity index (χ2v) is 4.65. The van der Waals surface area contributed by atoms with Gasteiger partial charge in [0.15, 0.2) is 0 Å². The van der Waals surface area contributed by atoms with Gasteiger partial charge in [0.2, 0.25) is 0 Å². The fraction of sp³-hybridized carbons (Fsp3) is 1.00. The lowest BCUT2D eigenvalue weighted by Crippen LogP contribution is -2.50. The van der Waals surface area contributed by atoms with Gasteiger partial charge in [0.25, 0.3) is 0 Å². The molecule has 0 rings (SSSR count). The maximum Gasteiger partial charge on any atom is 0.0382 e. The molecular weight excluding hydrogens is 138 g/mol. The van der Waals surface area contributed by atoms with E-state index in [1.807, 2.05) is 41.5 Å². The van der Waals surface area contributed by atoms with Crippen molar-refractivity contribution in [3.05, 3.63) is 0 Å². The van der Waals surface area contributed by atoms with Crippen LogP contribution in [0.1, 0.15) is 49.0 Å². The molecule has 0 radical (unpaired) electrons. The molecule has 0 aliphatic heterocycles. The number of hydrogen-bond acceptors (Lipinski definition) is 2. The van der Waals surface area contributed by atoms with Crippen LogP contribution in [0.15, 0.2) is 0 Å². The van der Waals surface area contributed by atoms with Crippen LogP contribution in [0.2, 0.25) is 0 Å². The van der Waals surface area contributed by atoms with Crippen molar-refractivity contribution < 1.29 is 5.21 Å². The monoisotopic (exact) mass is 161 g/mol. The fourth-order valence-corrected chi connectivity index (χ4v) is 1.01. The second kappa shape index (κ2) is 3.55. The molecule has 0 saturated carbocycles. The van der Waals surface area contributed by atoms with Gasteiger partial charge in [-0.05, 0) is 41.5 Å². The Hall–Kier alpha value is -0.0800. The molecule has 1 N–H and O–H groups in total. The van der Waals surface area contributed by atoms with E-state index in [1.165, 1.54) is 5.06 Å². The fourth-order valence-electron chi connectivity index (χ4n) is 1.01. The van der Waals surface area contributed by atoms with E-state index in [-0.39, 0.29) is 18.5 Å². The zero-order valence-electron chi connectivity index (χ0n) is 7.89. The summed E-state index contributed by atoms with van der Waals surface area (Å²) >= 11 is 0. The van der Waals surface area contributed by atoms with E-state index in [1.54, 1.807) is 0 Å². The normalized spacial score (nSPS) is 13.1. The molecule has 0 fully saturated rings. The van der Waals surface area contributed by atoms with E-state index in [4.69, 9.17) is 0 Å². The smallest absolute Gasteiger partial charge is 0.0382 e. The molecule has 0 amide bonds. The largest absolute Gasteiger partial charge is 0.313 e. The minimum Gasteiger partial charge on any atom is -0.313 e. The summed E-state index contributed by atoms with van der Waals surface area (Å²) in [6, 6.07) is 0. The highest BCUT2D eigenvalue weighted by Crippen LogP contribution is 2.20. The Balaban J connectivity index is 0. The highest BCUT2D eigenvalue weighted by molar-refractivity contribution is 4.79. The van der Waals surface area contributed by atoms with Crippen LogP contribution in [0.5, 0.6) is 0 Å². The second-order valence-electron chi connectivity index (χ2n) is 4.65. The van der Waals surface area contributed by atoms with Crippen molar-refractivity contribution in [2.45, 2.75) is 60.0 Å². The van der Waals surface area contributed by atoms with Gasteiger partial charge in [0.1, 0.15) is 0 Å². The number of hydroxylamine groups is 2. The summed E-state index contributed by atoms with van der Waals surface area (Å²) in [6.07, 6.45) is 0. The molecule has 0 saturated heterocycles. The Kier molecular flexibility index (Phi) is 4.35. The molecule has 0 aromatic carbocycles. The van der Waals surface area contributed by atoms with E-state index in [0.29, 0.717) is 0 Å². The van der Waals surface area contributed by atoms with Crippen molar-refractivity contribution in [2.24, 2.45) is 0 Å². The van der Waals surface area contributed by atoms with Gasteiger partial charge in [-0.25, -0.2) is 0 Å². The lowest BCUT2D eigenvalue weighted by molar-refractivity contribution is -0.212. The van der Waals surface area contributed by atoms with E-state index >= 15 is 0 Å². The zero-order chi connectivity index (χ0) is 8.58. The van der Waals surface area contributed by atoms with E-state index in [2.05, 4.69) is 0 Å². The maximum absolute atomic E-state index is 9.56. The maximum atomic E-state index is 9.56. The Morgan fingerprint density at radius 1 is 0.818 bits per heavy atom. The Morgan fingerprint density at radius 3 is 1.00 bits per heavy atom. The van der Waals surface area contributed by atoms with Crippen LogP contribution < -0.4 is 0 Å². The van der Waals surface area contributed by atoms with Gasteiger partial charge in [-0.15, -0.1) is 0 Å². The summed E-state index contributed by atoms with van der Waals surface area (Å²) in [4.78, 5) is 0. The molecule has 0 heterocycles. The predicted molar refractivity (Wildman–Crippen MR) is 49.9 cm³/mol. The lowest BCUT2D eigenvalue weighted by Gasteiger charge is -2.39. The summed E-state index contributed by atoms with van der Waals surface area (Å²) in [5.74, 6) is 0. The average Bonchev–Trinajstić information content (AvgIpc) is 1.59. The first-order chi connectivity index (χ1) is 4.15. The molecule has 70 valence electrons. The molecule has 0 aromatic heterocycles. The minimum atomic E-state index is -0.168. The standard InChI is InChI=1S/C8H19NO.CH4/c1-7(2,3)9(10)8(4,5)6;/h10H,1-6H3;1H4. The van der Waals surface area contributed by atoms with Crippen LogP contribution in [-0.4, -0.2) is 21.3 Å². The van der Waals surface area contributed by atoms with Crippen LogP contribution in [-0.2, 0) is 0 Å². The third-order valence-electron chi connectivity index (χ3n) is 1.27. The van der Waals surface area contributed by atoms with E-state index in [0.717, 1.165) is 0 Å². The number of hydrogen-bond donors (Lipinski definition) is 1. The first kappa shape index (κ1) is 13.5. The molecule has 0 aliphatic carbocycles. The van der Waals surface area contributed by atoms with Gasteiger partial charge >= 0.3 is 0 Å². The summed E-state index contributed by atoms with van der Waals surface area (Å²) in [5, 5.41) is 10.9. The highest BCUT2D eigenvalue weighted by atomic mass is 16.5. The van der Waals surface area contributed by atoms with Crippen LogP contribution in [0.25, 0.3) is 0 Å². The zero-order valence-corrected chi connectivity index (χ0v) is 7.89.